The van der Waals surface area contributed by atoms with E-state index in [1.165, 1.54) is 5.56 Å². The normalized spacial score (nSPS) is 10.7. The molecule has 1 heterocycles. The van der Waals surface area contributed by atoms with Gasteiger partial charge in [-0.15, -0.1) is 10.2 Å². The van der Waals surface area contributed by atoms with Crippen molar-refractivity contribution in [1.82, 2.24) is 14.8 Å². The second-order valence-corrected chi connectivity index (χ2v) is 6.38. The van der Waals surface area contributed by atoms with Gasteiger partial charge in [0, 0.05) is 12.8 Å². The monoisotopic (exact) mass is 355 g/mol. The molecule has 0 aliphatic carbocycles. The molecule has 130 valence electrons. The summed E-state index contributed by atoms with van der Waals surface area (Å²) in [6, 6.07) is 16.0. The maximum absolute atomic E-state index is 5.71. The Labute approximate surface area is 152 Å². The van der Waals surface area contributed by atoms with Crippen molar-refractivity contribution < 1.29 is 9.47 Å². The molecule has 0 unspecified atom stereocenters. The van der Waals surface area contributed by atoms with Gasteiger partial charge in [-0.1, -0.05) is 36.0 Å². The fourth-order valence-corrected chi connectivity index (χ4v) is 3.37. The number of nitrogens with zero attached hydrogens (tertiary/aromatic N) is 3. The van der Waals surface area contributed by atoms with Crippen molar-refractivity contribution in [3.05, 3.63) is 54.1 Å². The summed E-state index contributed by atoms with van der Waals surface area (Å²) in [5, 5.41) is 9.57. The van der Waals surface area contributed by atoms with Gasteiger partial charge in [-0.3, -0.25) is 0 Å². The first kappa shape index (κ1) is 17.4. The smallest absolute Gasteiger partial charge is 0.191 e. The molecule has 0 saturated carbocycles. The van der Waals surface area contributed by atoms with Gasteiger partial charge in [-0.2, -0.15) is 0 Å². The predicted octanol–water partition coefficient (Wildman–Crippen LogP) is 4.18. The Balaban J connectivity index is 1.79. The Morgan fingerprint density at radius 1 is 1.08 bits per heavy atom. The number of para-hydroxylation sites is 1. The van der Waals surface area contributed by atoms with E-state index in [9.17, 15) is 0 Å². The zero-order valence-corrected chi connectivity index (χ0v) is 15.4. The van der Waals surface area contributed by atoms with Crippen LogP contribution in [0.3, 0.4) is 0 Å². The molecule has 0 aliphatic rings. The molecule has 0 spiro atoms. The number of thioether (sulfide) groups is 1. The minimum absolute atomic E-state index is 0.617. The minimum Gasteiger partial charge on any atom is -0.497 e. The van der Waals surface area contributed by atoms with Gasteiger partial charge in [0.2, 0.25) is 0 Å². The second kappa shape index (κ2) is 8.07. The molecule has 0 aliphatic heterocycles. The molecule has 0 bridgehead atoms. The number of rotatable bonds is 7. The molecular formula is C19H21N3O2S. The third kappa shape index (κ3) is 3.96. The summed E-state index contributed by atoms with van der Waals surface area (Å²) in [4.78, 5) is 0. The molecule has 5 nitrogen and oxygen atoms in total. The van der Waals surface area contributed by atoms with Gasteiger partial charge >= 0.3 is 0 Å². The lowest BCUT2D eigenvalue weighted by atomic mass is 10.2. The number of methoxy groups -OCH3 is 1. The first-order chi connectivity index (χ1) is 12.2. The lowest BCUT2D eigenvalue weighted by molar-refractivity contribution is 0.341. The molecule has 0 atom stereocenters. The summed E-state index contributed by atoms with van der Waals surface area (Å²) < 4.78 is 13.0. The molecule has 0 fully saturated rings. The third-order valence-electron chi connectivity index (χ3n) is 3.76. The van der Waals surface area contributed by atoms with Gasteiger partial charge < -0.3 is 14.0 Å². The maximum Gasteiger partial charge on any atom is 0.191 e. The fourth-order valence-electron chi connectivity index (χ4n) is 2.52. The molecule has 6 heteroatoms. The van der Waals surface area contributed by atoms with Crippen LogP contribution in [0.15, 0.2) is 53.7 Å². The van der Waals surface area contributed by atoms with E-state index in [0.29, 0.717) is 6.61 Å². The van der Waals surface area contributed by atoms with E-state index >= 15 is 0 Å². The molecule has 0 amide bonds. The molecule has 1 aromatic heterocycles. The standard InChI is InChI=1S/C19H21N3O2S/c1-4-24-17-11-6-5-10-16(17)18-20-21-19(22(18)2)25-13-14-8-7-9-15(12-14)23-3/h5-12H,4,13H2,1-3H3. The molecule has 0 N–H and O–H groups in total. The Morgan fingerprint density at radius 3 is 2.72 bits per heavy atom. The lowest BCUT2D eigenvalue weighted by Gasteiger charge is -2.09. The Morgan fingerprint density at radius 2 is 1.92 bits per heavy atom. The molecular weight excluding hydrogens is 334 g/mol. The Kier molecular flexibility index (Phi) is 5.60. The van der Waals surface area contributed by atoms with E-state index in [-0.39, 0.29) is 0 Å². The molecule has 3 rings (SSSR count). The van der Waals surface area contributed by atoms with Crippen molar-refractivity contribution in [3.63, 3.8) is 0 Å². The highest BCUT2D eigenvalue weighted by Gasteiger charge is 2.15. The van der Waals surface area contributed by atoms with Crippen molar-refractivity contribution in [1.29, 1.82) is 0 Å². The first-order valence-electron chi connectivity index (χ1n) is 8.10. The fraction of sp³-hybridized carbons (Fsp3) is 0.263. The summed E-state index contributed by atoms with van der Waals surface area (Å²) in [6.07, 6.45) is 0. The highest BCUT2D eigenvalue weighted by atomic mass is 32.2. The zero-order chi connectivity index (χ0) is 17.6. The summed E-state index contributed by atoms with van der Waals surface area (Å²) in [5.41, 5.74) is 2.14. The number of hydrogen-bond acceptors (Lipinski definition) is 5. The second-order valence-electron chi connectivity index (χ2n) is 5.43. The Bertz CT molecular complexity index is 848. The van der Waals surface area contributed by atoms with Crippen molar-refractivity contribution in [2.24, 2.45) is 7.05 Å². The highest BCUT2D eigenvalue weighted by molar-refractivity contribution is 7.98. The van der Waals surface area contributed by atoms with Gasteiger partial charge in [0.15, 0.2) is 11.0 Å². The number of aromatic nitrogens is 3. The highest BCUT2D eigenvalue weighted by Crippen LogP contribution is 2.31. The van der Waals surface area contributed by atoms with Crippen molar-refractivity contribution in [2.45, 2.75) is 17.8 Å². The van der Waals surface area contributed by atoms with Crippen LogP contribution < -0.4 is 9.47 Å². The van der Waals surface area contributed by atoms with Crippen LogP contribution in [-0.2, 0) is 12.8 Å². The molecule has 25 heavy (non-hydrogen) atoms. The van der Waals surface area contributed by atoms with E-state index in [1.54, 1.807) is 18.9 Å². The van der Waals surface area contributed by atoms with Crippen molar-refractivity contribution in [3.8, 4) is 22.9 Å². The largest absolute Gasteiger partial charge is 0.497 e. The van der Waals surface area contributed by atoms with E-state index in [0.717, 1.165) is 33.8 Å². The molecule has 0 radical (unpaired) electrons. The average molecular weight is 355 g/mol. The molecule has 3 aromatic rings. The number of benzene rings is 2. The van der Waals surface area contributed by atoms with Gasteiger partial charge in [0.05, 0.1) is 19.3 Å². The first-order valence-corrected chi connectivity index (χ1v) is 9.08. The van der Waals surface area contributed by atoms with Gasteiger partial charge in [-0.25, -0.2) is 0 Å². The van der Waals surface area contributed by atoms with Crippen LogP contribution in [0.1, 0.15) is 12.5 Å². The maximum atomic E-state index is 5.71. The van der Waals surface area contributed by atoms with Gasteiger partial charge in [-0.05, 0) is 36.8 Å². The topological polar surface area (TPSA) is 49.2 Å². The van der Waals surface area contributed by atoms with Crippen LogP contribution >= 0.6 is 11.8 Å². The predicted molar refractivity (Wildman–Crippen MR) is 100 cm³/mol. The quantitative estimate of drug-likeness (QED) is 0.595. The third-order valence-corrected chi connectivity index (χ3v) is 4.86. The van der Waals surface area contributed by atoms with Crippen LogP contribution in [0.4, 0.5) is 0 Å². The lowest BCUT2D eigenvalue weighted by Crippen LogP contribution is -1.99. The summed E-state index contributed by atoms with van der Waals surface area (Å²) in [5.74, 6) is 3.29. The van der Waals surface area contributed by atoms with E-state index in [4.69, 9.17) is 9.47 Å². The van der Waals surface area contributed by atoms with Crippen molar-refractivity contribution >= 4 is 11.8 Å². The van der Waals surface area contributed by atoms with Crippen LogP contribution in [0.2, 0.25) is 0 Å². The Hall–Kier alpha value is -2.47. The van der Waals surface area contributed by atoms with Crippen LogP contribution in [0.25, 0.3) is 11.4 Å². The number of ether oxygens (including phenoxy) is 2. The molecule has 2 aromatic carbocycles. The molecule has 0 saturated heterocycles. The average Bonchev–Trinajstić information content (AvgIpc) is 3.01. The summed E-state index contributed by atoms with van der Waals surface area (Å²) in [6.45, 7) is 2.59. The number of hydrogen-bond donors (Lipinski definition) is 0. The van der Waals surface area contributed by atoms with Gasteiger partial charge in [0.25, 0.3) is 0 Å². The SMILES string of the molecule is CCOc1ccccc1-c1nnc(SCc2cccc(OC)c2)n1C. The summed E-state index contributed by atoms with van der Waals surface area (Å²) in [7, 11) is 3.66. The van der Waals surface area contributed by atoms with Crippen LogP contribution in [0, 0.1) is 0 Å². The van der Waals surface area contributed by atoms with Gasteiger partial charge in [0.1, 0.15) is 11.5 Å². The minimum atomic E-state index is 0.617. The van der Waals surface area contributed by atoms with E-state index < -0.39 is 0 Å². The van der Waals surface area contributed by atoms with Crippen LogP contribution in [-0.4, -0.2) is 28.5 Å². The van der Waals surface area contributed by atoms with Crippen LogP contribution in [0.5, 0.6) is 11.5 Å². The summed E-state index contributed by atoms with van der Waals surface area (Å²) >= 11 is 1.65. The van der Waals surface area contributed by atoms with E-state index in [2.05, 4.69) is 16.3 Å². The van der Waals surface area contributed by atoms with E-state index in [1.807, 2.05) is 61.0 Å². The zero-order valence-electron chi connectivity index (χ0n) is 14.6. The van der Waals surface area contributed by atoms with Crippen molar-refractivity contribution in [2.75, 3.05) is 13.7 Å².